The average molecular weight is 462 g/mol. The first-order chi connectivity index (χ1) is 13.8. The van der Waals surface area contributed by atoms with Crippen molar-refractivity contribution in [2.24, 2.45) is 0 Å². The van der Waals surface area contributed by atoms with E-state index < -0.39 is 6.10 Å². The van der Waals surface area contributed by atoms with Crippen LogP contribution in [-0.4, -0.2) is 47.2 Å². The SMILES string of the molecule is Cc1cc(NC2CCC(NC(=O)C(O)c3ccc(Br)cc3)CC2)nc(N(C)C)n1. The quantitative estimate of drug-likeness (QED) is 0.611. The fourth-order valence-electron chi connectivity index (χ4n) is 3.49. The molecule has 8 heteroatoms. The van der Waals surface area contributed by atoms with E-state index in [-0.39, 0.29) is 11.9 Å². The summed E-state index contributed by atoms with van der Waals surface area (Å²) in [6.45, 7) is 1.96. The van der Waals surface area contributed by atoms with Gasteiger partial charge in [0.25, 0.3) is 5.91 Å². The first-order valence-corrected chi connectivity index (χ1v) is 10.6. The van der Waals surface area contributed by atoms with Crippen LogP contribution in [0.25, 0.3) is 0 Å². The maximum Gasteiger partial charge on any atom is 0.253 e. The molecule has 1 fully saturated rings. The molecule has 0 bridgehead atoms. The monoisotopic (exact) mass is 461 g/mol. The van der Waals surface area contributed by atoms with E-state index in [1.54, 1.807) is 12.1 Å². The zero-order valence-electron chi connectivity index (χ0n) is 17.0. The van der Waals surface area contributed by atoms with E-state index in [1.807, 2.05) is 44.1 Å². The van der Waals surface area contributed by atoms with Gasteiger partial charge in [-0.3, -0.25) is 4.79 Å². The van der Waals surface area contributed by atoms with Gasteiger partial charge in [0.2, 0.25) is 5.95 Å². The van der Waals surface area contributed by atoms with Gasteiger partial charge < -0.3 is 20.6 Å². The maximum atomic E-state index is 12.4. The summed E-state index contributed by atoms with van der Waals surface area (Å²) in [4.78, 5) is 23.3. The molecule has 1 heterocycles. The van der Waals surface area contributed by atoms with Crippen LogP contribution >= 0.6 is 15.9 Å². The van der Waals surface area contributed by atoms with Crippen molar-refractivity contribution in [2.75, 3.05) is 24.3 Å². The number of carbonyl (C=O) groups is 1. The molecule has 0 radical (unpaired) electrons. The summed E-state index contributed by atoms with van der Waals surface area (Å²) < 4.78 is 0.913. The number of rotatable bonds is 6. The fourth-order valence-corrected chi connectivity index (χ4v) is 3.76. The van der Waals surface area contributed by atoms with E-state index >= 15 is 0 Å². The lowest BCUT2D eigenvalue weighted by molar-refractivity contribution is -0.130. The lowest BCUT2D eigenvalue weighted by Gasteiger charge is -2.30. The molecule has 1 aliphatic carbocycles. The number of amides is 1. The molecular formula is C21H28BrN5O2. The molecule has 1 amide bonds. The number of halogens is 1. The minimum atomic E-state index is -1.15. The number of aromatic nitrogens is 2. The number of hydrogen-bond donors (Lipinski definition) is 3. The fraction of sp³-hybridized carbons (Fsp3) is 0.476. The Kier molecular flexibility index (Phi) is 7.08. The summed E-state index contributed by atoms with van der Waals surface area (Å²) in [6, 6.07) is 9.48. The van der Waals surface area contributed by atoms with Crippen LogP contribution in [0.15, 0.2) is 34.8 Å². The number of benzene rings is 1. The van der Waals surface area contributed by atoms with Crippen LogP contribution in [-0.2, 0) is 4.79 Å². The third-order valence-corrected chi connectivity index (χ3v) is 5.63. The van der Waals surface area contributed by atoms with Gasteiger partial charge in [-0.1, -0.05) is 28.1 Å². The summed E-state index contributed by atoms with van der Waals surface area (Å²) in [5, 5.41) is 16.8. The van der Waals surface area contributed by atoms with E-state index in [2.05, 4.69) is 36.5 Å². The van der Waals surface area contributed by atoms with E-state index in [1.165, 1.54) is 0 Å². The Morgan fingerprint density at radius 1 is 1.14 bits per heavy atom. The van der Waals surface area contributed by atoms with Crippen molar-refractivity contribution in [3.63, 3.8) is 0 Å². The summed E-state index contributed by atoms with van der Waals surface area (Å²) >= 11 is 3.36. The molecule has 1 aromatic heterocycles. The number of aryl methyl sites for hydroxylation is 1. The van der Waals surface area contributed by atoms with Crippen molar-refractivity contribution in [3.8, 4) is 0 Å². The molecule has 1 aromatic carbocycles. The maximum absolute atomic E-state index is 12.4. The zero-order valence-corrected chi connectivity index (χ0v) is 18.6. The predicted octanol–water partition coefficient (Wildman–Crippen LogP) is 3.19. The Hall–Kier alpha value is -2.19. The van der Waals surface area contributed by atoms with Crippen LogP contribution in [0.4, 0.5) is 11.8 Å². The summed E-state index contributed by atoms with van der Waals surface area (Å²) in [7, 11) is 3.85. The molecule has 7 nitrogen and oxygen atoms in total. The molecule has 29 heavy (non-hydrogen) atoms. The second kappa shape index (κ2) is 9.54. The third kappa shape index (κ3) is 5.90. The third-order valence-electron chi connectivity index (χ3n) is 5.10. The molecule has 1 unspecified atom stereocenters. The minimum absolute atomic E-state index is 0.0788. The normalized spacial score (nSPS) is 20.0. The second-order valence-electron chi connectivity index (χ2n) is 7.74. The van der Waals surface area contributed by atoms with Crippen LogP contribution in [0.2, 0.25) is 0 Å². The number of anilines is 2. The average Bonchev–Trinajstić information content (AvgIpc) is 2.69. The molecular weight excluding hydrogens is 434 g/mol. The summed E-state index contributed by atoms with van der Waals surface area (Å²) in [5.41, 5.74) is 1.52. The Morgan fingerprint density at radius 3 is 2.38 bits per heavy atom. The van der Waals surface area contributed by atoms with Crippen molar-refractivity contribution in [2.45, 2.75) is 50.8 Å². The van der Waals surface area contributed by atoms with E-state index in [4.69, 9.17) is 0 Å². The van der Waals surface area contributed by atoms with Gasteiger partial charge in [-0.15, -0.1) is 0 Å². The highest BCUT2D eigenvalue weighted by molar-refractivity contribution is 9.10. The molecule has 0 aliphatic heterocycles. The van der Waals surface area contributed by atoms with Crippen molar-refractivity contribution >= 4 is 33.6 Å². The summed E-state index contributed by atoms with van der Waals surface area (Å²) in [5.74, 6) is 1.18. The lowest BCUT2D eigenvalue weighted by Crippen LogP contribution is -2.42. The highest BCUT2D eigenvalue weighted by Gasteiger charge is 2.25. The van der Waals surface area contributed by atoms with Crippen LogP contribution in [0.5, 0.6) is 0 Å². The molecule has 0 spiro atoms. The van der Waals surface area contributed by atoms with Gasteiger partial charge in [0.05, 0.1) is 0 Å². The Balaban J connectivity index is 1.50. The van der Waals surface area contributed by atoms with Crippen LogP contribution in [0, 0.1) is 6.92 Å². The van der Waals surface area contributed by atoms with Gasteiger partial charge in [-0.25, -0.2) is 4.98 Å². The first-order valence-electron chi connectivity index (χ1n) is 9.85. The van der Waals surface area contributed by atoms with E-state index in [0.29, 0.717) is 17.6 Å². The largest absolute Gasteiger partial charge is 0.378 e. The highest BCUT2D eigenvalue weighted by Crippen LogP contribution is 2.24. The van der Waals surface area contributed by atoms with Gasteiger partial charge in [-0.05, 0) is 50.3 Å². The smallest absolute Gasteiger partial charge is 0.253 e. The standard InChI is InChI=1S/C21H28BrN5O2/c1-13-12-18(26-21(23-13)27(2)3)24-16-8-10-17(11-9-16)25-20(29)19(28)14-4-6-15(22)7-5-14/h4-7,12,16-17,19,28H,8-11H2,1-3H3,(H,25,29)(H,23,24,26). The number of hydrogen-bond acceptors (Lipinski definition) is 6. The highest BCUT2D eigenvalue weighted by atomic mass is 79.9. The number of nitrogens with one attached hydrogen (secondary N) is 2. The van der Waals surface area contributed by atoms with Crippen LogP contribution < -0.4 is 15.5 Å². The van der Waals surface area contributed by atoms with Crippen molar-refractivity contribution in [1.82, 2.24) is 15.3 Å². The number of aliphatic hydroxyl groups is 1. The van der Waals surface area contributed by atoms with Crippen molar-refractivity contribution in [3.05, 3.63) is 46.1 Å². The molecule has 0 saturated heterocycles. The van der Waals surface area contributed by atoms with Gasteiger partial charge in [0.1, 0.15) is 5.82 Å². The topological polar surface area (TPSA) is 90.4 Å². The van der Waals surface area contributed by atoms with E-state index in [9.17, 15) is 9.90 Å². The molecule has 1 saturated carbocycles. The molecule has 156 valence electrons. The predicted molar refractivity (Wildman–Crippen MR) is 118 cm³/mol. The number of nitrogens with zero attached hydrogens (tertiary/aromatic N) is 3. The van der Waals surface area contributed by atoms with Crippen LogP contribution in [0.3, 0.4) is 0 Å². The van der Waals surface area contributed by atoms with Gasteiger partial charge in [0.15, 0.2) is 6.10 Å². The van der Waals surface area contributed by atoms with Crippen molar-refractivity contribution in [1.29, 1.82) is 0 Å². The summed E-state index contributed by atoms with van der Waals surface area (Å²) in [6.07, 6.45) is 2.44. The second-order valence-corrected chi connectivity index (χ2v) is 8.66. The minimum Gasteiger partial charge on any atom is -0.378 e. The Labute approximate surface area is 180 Å². The molecule has 1 atom stereocenters. The molecule has 1 aliphatic rings. The Morgan fingerprint density at radius 2 is 1.76 bits per heavy atom. The van der Waals surface area contributed by atoms with Gasteiger partial charge in [-0.2, -0.15) is 4.98 Å². The van der Waals surface area contributed by atoms with Crippen LogP contribution in [0.1, 0.15) is 43.0 Å². The van der Waals surface area contributed by atoms with Crippen molar-refractivity contribution < 1.29 is 9.90 Å². The number of aliphatic hydroxyl groups excluding tert-OH is 1. The number of carbonyl (C=O) groups excluding carboxylic acids is 1. The van der Waals surface area contributed by atoms with Gasteiger partial charge in [0, 0.05) is 42.4 Å². The molecule has 2 aromatic rings. The molecule has 3 rings (SSSR count). The van der Waals surface area contributed by atoms with Gasteiger partial charge >= 0.3 is 0 Å². The van der Waals surface area contributed by atoms with E-state index in [0.717, 1.165) is 41.7 Å². The lowest BCUT2D eigenvalue weighted by atomic mass is 9.91. The Bertz CT molecular complexity index is 835. The molecule has 3 N–H and O–H groups in total. The first kappa shape index (κ1) is 21.5. The zero-order chi connectivity index (χ0) is 21.0.